The molecule has 0 spiro atoms. The second-order valence-electron chi connectivity index (χ2n) is 6.81. The third-order valence-corrected chi connectivity index (χ3v) is 5.00. The van der Waals surface area contributed by atoms with Gasteiger partial charge in [-0.15, -0.1) is 0 Å². The van der Waals surface area contributed by atoms with E-state index in [4.69, 9.17) is 0 Å². The van der Waals surface area contributed by atoms with Crippen LogP contribution in [0.15, 0.2) is 35.9 Å². The van der Waals surface area contributed by atoms with E-state index in [1.807, 2.05) is 0 Å². The fraction of sp³-hybridized carbons (Fsp3) is 0.400. The molecule has 0 atom stereocenters. The number of hydrogen-bond acceptors (Lipinski definition) is 0. The molecule has 2 aromatic carbocycles. The summed E-state index contributed by atoms with van der Waals surface area (Å²) in [4.78, 5) is 0. The zero-order valence-electron chi connectivity index (χ0n) is 13.1. The summed E-state index contributed by atoms with van der Waals surface area (Å²) in [6.45, 7) is 9.20. The average Bonchev–Trinajstić information content (AvgIpc) is 2.44. The molecule has 0 N–H and O–H groups in total. The van der Waals surface area contributed by atoms with E-state index in [2.05, 4.69) is 64.1 Å². The molecule has 0 aromatic heterocycles. The summed E-state index contributed by atoms with van der Waals surface area (Å²) >= 11 is 0. The van der Waals surface area contributed by atoms with Crippen molar-refractivity contribution in [2.45, 2.75) is 47.0 Å². The number of aryl methyl sites for hydroxylation is 2. The summed E-state index contributed by atoms with van der Waals surface area (Å²) in [5.41, 5.74) is 6.23. The summed E-state index contributed by atoms with van der Waals surface area (Å²) in [7, 11) is 0. The molecule has 104 valence electrons. The van der Waals surface area contributed by atoms with Gasteiger partial charge in [-0.05, 0) is 59.6 Å². The Hall–Kier alpha value is -1.56. The van der Waals surface area contributed by atoms with Crippen LogP contribution >= 0.6 is 0 Å². The first kappa shape index (κ1) is 13.4. The Morgan fingerprint density at radius 2 is 1.80 bits per heavy atom. The molecule has 1 aliphatic carbocycles. The first-order valence-corrected chi connectivity index (χ1v) is 7.74. The van der Waals surface area contributed by atoms with Crippen LogP contribution < -0.4 is 0 Å². The van der Waals surface area contributed by atoms with Crippen molar-refractivity contribution in [3.8, 4) is 0 Å². The summed E-state index contributed by atoms with van der Waals surface area (Å²) in [6.07, 6.45) is 6.06. The minimum atomic E-state index is 0.333. The van der Waals surface area contributed by atoms with Gasteiger partial charge in [0.05, 0.1) is 0 Å². The smallest absolute Gasteiger partial charge is 0.0144 e. The first-order valence-electron chi connectivity index (χ1n) is 7.74. The van der Waals surface area contributed by atoms with Crippen LogP contribution in [-0.4, -0.2) is 0 Å². The quantitative estimate of drug-likeness (QED) is 0.632. The zero-order valence-corrected chi connectivity index (χ0v) is 13.1. The van der Waals surface area contributed by atoms with Crippen LogP contribution in [0.1, 0.15) is 50.3 Å². The number of fused-ring (bicyclic) bond motifs is 2. The van der Waals surface area contributed by atoms with Crippen molar-refractivity contribution in [1.82, 2.24) is 0 Å². The molecular weight excluding hydrogens is 240 g/mol. The van der Waals surface area contributed by atoms with Crippen LogP contribution in [0, 0.1) is 12.3 Å². The molecule has 1 aliphatic rings. The topological polar surface area (TPSA) is 0 Å². The summed E-state index contributed by atoms with van der Waals surface area (Å²) in [5, 5.41) is 2.75. The van der Waals surface area contributed by atoms with Crippen molar-refractivity contribution < 1.29 is 0 Å². The molecule has 3 rings (SSSR count). The Bertz CT molecular complexity index is 686. The molecule has 0 amide bonds. The van der Waals surface area contributed by atoms with Gasteiger partial charge in [-0.1, -0.05) is 62.2 Å². The minimum absolute atomic E-state index is 0.333. The van der Waals surface area contributed by atoms with E-state index < -0.39 is 0 Å². The predicted molar refractivity (Wildman–Crippen MR) is 89.1 cm³/mol. The van der Waals surface area contributed by atoms with Crippen molar-refractivity contribution in [3.05, 3.63) is 52.6 Å². The van der Waals surface area contributed by atoms with Crippen molar-refractivity contribution in [3.63, 3.8) is 0 Å². The van der Waals surface area contributed by atoms with Crippen molar-refractivity contribution in [2.75, 3.05) is 0 Å². The van der Waals surface area contributed by atoms with Gasteiger partial charge in [-0.2, -0.15) is 0 Å². The van der Waals surface area contributed by atoms with Crippen LogP contribution in [0.3, 0.4) is 0 Å². The lowest BCUT2D eigenvalue weighted by atomic mass is 9.75. The molecule has 0 bridgehead atoms. The van der Waals surface area contributed by atoms with E-state index >= 15 is 0 Å². The molecule has 0 heterocycles. The van der Waals surface area contributed by atoms with E-state index in [1.165, 1.54) is 46.7 Å². The number of hydrogen-bond donors (Lipinski definition) is 0. The van der Waals surface area contributed by atoms with Gasteiger partial charge in [-0.3, -0.25) is 0 Å². The largest absolute Gasteiger partial charge is 0.0646 e. The van der Waals surface area contributed by atoms with Gasteiger partial charge in [-0.25, -0.2) is 0 Å². The van der Waals surface area contributed by atoms with Gasteiger partial charge in [0.25, 0.3) is 0 Å². The van der Waals surface area contributed by atoms with Gasteiger partial charge in [0, 0.05) is 0 Å². The molecule has 0 saturated carbocycles. The average molecular weight is 264 g/mol. The lowest BCUT2D eigenvalue weighted by molar-refractivity contribution is 0.415. The van der Waals surface area contributed by atoms with Gasteiger partial charge >= 0.3 is 0 Å². The summed E-state index contributed by atoms with van der Waals surface area (Å²) in [5.74, 6) is 0. The lowest BCUT2D eigenvalue weighted by Crippen LogP contribution is -2.16. The highest BCUT2D eigenvalue weighted by atomic mass is 14.3. The summed E-state index contributed by atoms with van der Waals surface area (Å²) in [6, 6.07) is 11.5. The van der Waals surface area contributed by atoms with E-state index in [-0.39, 0.29) is 0 Å². The van der Waals surface area contributed by atoms with Crippen LogP contribution in [0.5, 0.6) is 0 Å². The molecule has 0 unspecified atom stereocenters. The maximum Gasteiger partial charge on any atom is -0.0144 e. The number of benzene rings is 2. The Balaban J connectivity index is 2.12. The molecule has 0 saturated heterocycles. The number of rotatable bonds is 2. The highest BCUT2D eigenvalue weighted by Gasteiger charge is 2.23. The van der Waals surface area contributed by atoms with Crippen molar-refractivity contribution in [2.24, 2.45) is 5.41 Å². The molecular formula is C20H24. The SMILES string of the molecule is CCC(C)(C)C1=Cc2cc3ccc(C)cc3cc2CC1. The molecule has 0 fully saturated rings. The predicted octanol–water partition coefficient (Wildman–Crippen LogP) is 5.91. The minimum Gasteiger partial charge on any atom is -0.0646 e. The second kappa shape index (κ2) is 4.77. The third-order valence-electron chi connectivity index (χ3n) is 5.00. The van der Waals surface area contributed by atoms with E-state index in [0.717, 1.165) is 0 Å². The maximum atomic E-state index is 2.45. The van der Waals surface area contributed by atoms with Crippen LogP contribution in [-0.2, 0) is 6.42 Å². The van der Waals surface area contributed by atoms with Gasteiger partial charge < -0.3 is 0 Å². The summed E-state index contributed by atoms with van der Waals surface area (Å²) < 4.78 is 0. The van der Waals surface area contributed by atoms with E-state index in [9.17, 15) is 0 Å². The molecule has 0 nitrogen and oxygen atoms in total. The van der Waals surface area contributed by atoms with Gasteiger partial charge in [0.2, 0.25) is 0 Å². The Kier molecular flexibility index (Phi) is 3.20. The van der Waals surface area contributed by atoms with Gasteiger partial charge in [0.15, 0.2) is 0 Å². The second-order valence-corrected chi connectivity index (χ2v) is 6.81. The fourth-order valence-corrected chi connectivity index (χ4v) is 3.12. The molecule has 2 aromatic rings. The van der Waals surface area contributed by atoms with Crippen LogP contribution in [0.25, 0.3) is 16.8 Å². The first-order chi connectivity index (χ1) is 9.49. The number of allylic oxidation sites excluding steroid dienone is 1. The highest BCUT2D eigenvalue weighted by molar-refractivity contribution is 5.87. The maximum absolute atomic E-state index is 2.45. The van der Waals surface area contributed by atoms with Crippen molar-refractivity contribution in [1.29, 1.82) is 0 Å². The zero-order chi connectivity index (χ0) is 14.3. The normalized spacial score (nSPS) is 15.1. The Morgan fingerprint density at radius 3 is 2.55 bits per heavy atom. The van der Waals surface area contributed by atoms with Crippen molar-refractivity contribution >= 4 is 16.8 Å². The van der Waals surface area contributed by atoms with Crippen LogP contribution in [0.4, 0.5) is 0 Å². The molecule has 0 radical (unpaired) electrons. The third kappa shape index (κ3) is 2.28. The standard InChI is InChI=1S/C20H24/c1-5-20(3,4)19-9-8-16-11-17-10-14(2)6-7-15(17)12-18(16)13-19/h6-7,10-13H,5,8-9H2,1-4H3. The fourth-order valence-electron chi connectivity index (χ4n) is 3.12. The molecule has 0 aliphatic heterocycles. The Morgan fingerprint density at radius 1 is 1.00 bits per heavy atom. The molecule has 20 heavy (non-hydrogen) atoms. The monoisotopic (exact) mass is 264 g/mol. The highest BCUT2D eigenvalue weighted by Crippen LogP contribution is 2.39. The van der Waals surface area contributed by atoms with Crippen LogP contribution in [0.2, 0.25) is 0 Å². The van der Waals surface area contributed by atoms with E-state index in [0.29, 0.717) is 5.41 Å². The van der Waals surface area contributed by atoms with E-state index in [1.54, 1.807) is 5.57 Å². The Labute approximate surface area is 122 Å². The lowest BCUT2D eigenvalue weighted by Gasteiger charge is -2.30. The van der Waals surface area contributed by atoms with Gasteiger partial charge in [0.1, 0.15) is 0 Å². The molecule has 0 heteroatoms.